The van der Waals surface area contributed by atoms with Crippen molar-refractivity contribution < 1.29 is 9.15 Å². The van der Waals surface area contributed by atoms with E-state index in [2.05, 4.69) is 4.98 Å². The van der Waals surface area contributed by atoms with E-state index in [9.17, 15) is 0 Å². The smallest absolute Gasteiger partial charge is 0.195 e. The molecule has 0 saturated heterocycles. The Bertz CT molecular complexity index is 732. The highest BCUT2D eigenvalue weighted by atomic mass is 16.5. The summed E-state index contributed by atoms with van der Waals surface area (Å²) in [6, 6.07) is 13.8. The van der Waals surface area contributed by atoms with Gasteiger partial charge in [-0.2, -0.15) is 0 Å². The van der Waals surface area contributed by atoms with E-state index in [-0.39, 0.29) is 0 Å². The largest absolute Gasteiger partial charge is 0.489 e. The predicted octanol–water partition coefficient (Wildman–Crippen LogP) is 3.43. The number of hydrogen-bond donors (Lipinski definition) is 1. The third kappa shape index (κ3) is 3.06. The van der Waals surface area contributed by atoms with Crippen LogP contribution in [0.15, 0.2) is 46.9 Å². The van der Waals surface area contributed by atoms with Gasteiger partial charge in [0.1, 0.15) is 17.9 Å². The number of hydrogen-bond acceptors (Lipinski definition) is 4. The molecule has 0 fully saturated rings. The van der Waals surface area contributed by atoms with Crippen molar-refractivity contribution in [3.05, 3.63) is 59.5 Å². The van der Waals surface area contributed by atoms with Crippen LogP contribution in [0.5, 0.6) is 5.75 Å². The van der Waals surface area contributed by atoms with Crippen molar-refractivity contribution in [2.24, 2.45) is 5.73 Å². The predicted molar refractivity (Wildman–Crippen MR) is 82.1 cm³/mol. The summed E-state index contributed by atoms with van der Waals surface area (Å²) in [6.07, 6.45) is 0.790. The number of nitrogens with two attached hydrogens (primary N) is 1. The molecular formula is C17H18N2O2. The molecule has 108 valence electrons. The highest BCUT2D eigenvalue weighted by Crippen LogP contribution is 2.22. The third-order valence-corrected chi connectivity index (χ3v) is 3.37. The molecule has 0 atom stereocenters. The van der Waals surface area contributed by atoms with Gasteiger partial charge in [0.05, 0.1) is 0 Å². The maximum atomic E-state index is 5.80. The minimum Gasteiger partial charge on any atom is -0.489 e. The van der Waals surface area contributed by atoms with Gasteiger partial charge >= 0.3 is 0 Å². The van der Waals surface area contributed by atoms with Crippen LogP contribution in [-0.4, -0.2) is 4.98 Å². The van der Waals surface area contributed by atoms with Crippen LogP contribution < -0.4 is 10.5 Å². The van der Waals surface area contributed by atoms with Gasteiger partial charge in [0.15, 0.2) is 11.5 Å². The van der Waals surface area contributed by atoms with Crippen LogP contribution in [0.25, 0.3) is 11.1 Å². The molecule has 4 heteroatoms. The van der Waals surface area contributed by atoms with Crippen LogP contribution in [0.1, 0.15) is 23.9 Å². The van der Waals surface area contributed by atoms with Crippen molar-refractivity contribution in [3.8, 4) is 5.75 Å². The number of nitrogens with zero attached hydrogens (tertiary/aromatic N) is 1. The van der Waals surface area contributed by atoms with Gasteiger partial charge < -0.3 is 14.9 Å². The Hall–Kier alpha value is -2.33. The molecule has 0 aliphatic rings. The van der Waals surface area contributed by atoms with Crippen LogP contribution in [0, 0.1) is 0 Å². The summed E-state index contributed by atoms with van der Waals surface area (Å²) < 4.78 is 11.4. The molecule has 0 aliphatic carbocycles. The normalized spacial score (nSPS) is 11.0. The molecule has 2 N–H and O–H groups in total. The van der Waals surface area contributed by atoms with Crippen LogP contribution in [0.2, 0.25) is 0 Å². The lowest BCUT2D eigenvalue weighted by atomic mass is 10.1. The monoisotopic (exact) mass is 282 g/mol. The molecule has 1 aromatic heterocycles. The first-order valence-electron chi connectivity index (χ1n) is 7.08. The Labute approximate surface area is 123 Å². The Balaban J connectivity index is 1.71. The molecule has 0 aliphatic heterocycles. The summed E-state index contributed by atoms with van der Waals surface area (Å²) in [5.74, 6) is 1.54. The Morgan fingerprint density at radius 3 is 2.57 bits per heavy atom. The van der Waals surface area contributed by atoms with E-state index in [0.717, 1.165) is 40.3 Å². The molecule has 0 spiro atoms. The van der Waals surface area contributed by atoms with Crippen molar-refractivity contribution in [3.63, 3.8) is 0 Å². The topological polar surface area (TPSA) is 61.3 Å². The highest BCUT2D eigenvalue weighted by molar-refractivity contribution is 5.74. The van der Waals surface area contributed by atoms with E-state index in [1.54, 1.807) is 0 Å². The lowest BCUT2D eigenvalue weighted by Crippen LogP contribution is -1.98. The van der Waals surface area contributed by atoms with Crippen LogP contribution in [0.4, 0.5) is 0 Å². The van der Waals surface area contributed by atoms with Gasteiger partial charge in [0.2, 0.25) is 0 Å². The number of fused-ring (bicyclic) bond motifs is 1. The minimum absolute atomic E-state index is 0.523. The molecule has 3 aromatic rings. The maximum absolute atomic E-state index is 5.80. The second kappa shape index (κ2) is 5.97. The van der Waals surface area contributed by atoms with Crippen molar-refractivity contribution in [1.29, 1.82) is 0 Å². The molecule has 0 radical (unpaired) electrons. The lowest BCUT2D eigenvalue weighted by molar-refractivity contribution is 0.306. The van der Waals surface area contributed by atoms with E-state index in [0.29, 0.717) is 13.2 Å². The standard InChI is InChI=1S/C17H18N2O2/c1-2-17-19-15-9-14(7-8-16(15)21-17)20-11-13-5-3-12(10-18)4-6-13/h3-9H,2,10-11,18H2,1H3. The van der Waals surface area contributed by atoms with E-state index in [1.807, 2.05) is 49.4 Å². The van der Waals surface area contributed by atoms with Crippen LogP contribution in [0.3, 0.4) is 0 Å². The number of rotatable bonds is 5. The quantitative estimate of drug-likeness (QED) is 0.778. The molecule has 0 unspecified atom stereocenters. The van der Waals surface area contributed by atoms with Gasteiger partial charge in [-0.15, -0.1) is 0 Å². The van der Waals surface area contributed by atoms with Gasteiger partial charge in [-0.25, -0.2) is 4.98 Å². The maximum Gasteiger partial charge on any atom is 0.195 e. The first-order chi connectivity index (χ1) is 10.3. The zero-order valence-corrected chi connectivity index (χ0v) is 12.0. The van der Waals surface area contributed by atoms with E-state index >= 15 is 0 Å². The fraction of sp³-hybridized carbons (Fsp3) is 0.235. The van der Waals surface area contributed by atoms with E-state index in [1.165, 1.54) is 0 Å². The summed E-state index contributed by atoms with van der Waals surface area (Å²) in [5.41, 5.74) is 9.45. The number of aryl methyl sites for hydroxylation is 1. The summed E-state index contributed by atoms with van der Waals surface area (Å²) >= 11 is 0. The van der Waals surface area contributed by atoms with E-state index < -0.39 is 0 Å². The SMILES string of the molecule is CCc1nc2cc(OCc3ccc(CN)cc3)ccc2o1. The summed E-state index contributed by atoms with van der Waals surface area (Å²) in [5, 5.41) is 0. The summed E-state index contributed by atoms with van der Waals surface area (Å²) in [7, 11) is 0. The first kappa shape index (κ1) is 13.6. The summed E-state index contributed by atoms with van der Waals surface area (Å²) in [6.45, 7) is 3.10. The van der Waals surface area contributed by atoms with Crippen molar-refractivity contribution in [2.45, 2.75) is 26.5 Å². The zero-order valence-electron chi connectivity index (χ0n) is 12.0. The molecule has 21 heavy (non-hydrogen) atoms. The number of ether oxygens (including phenoxy) is 1. The van der Waals surface area contributed by atoms with Gasteiger partial charge in [-0.3, -0.25) is 0 Å². The van der Waals surface area contributed by atoms with Gasteiger partial charge in [-0.05, 0) is 23.3 Å². The van der Waals surface area contributed by atoms with Gasteiger partial charge in [0, 0.05) is 19.0 Å². The Morgan fingerprint density at radius 2 is 1.86 bits per heavy atom. The second-order valence-corrected chi connectivity index (χ2v) is 4.90. The number of benzene rings is 2. The van der Waals surface area contributed by atoms with Crippen molar-refractivity contribution >= 4 is 11.1 Å². The zero-order chi connectivity index (χ0) is 14.7. The lowest BCUT2D eigenvalue weighted by Gasteiger charge is -2.06. The second-order valence-electron chi connectivity index (χ2n) is 4.90. The molecular weight excluding hydrogens is 264 g/mol. The first-order valence-corrected chi connectivity index (χ1v) is 7.08. The van der Waals surface area contributed by atoms with E-state index in [4.69, 9.17) is 14.9 Å². The fourth-order valence-electron chi connectivity index (χ4n) is 2.13. The van der Waals surface area contributed by atoms with Crippen molar-refractivity contribution in [1.82, 2.24) is 4.98 Å². The van der Waals surface area contributed by atoms with Crippen LogP contribution in [-0.2, 0) is 19.6 Å². The number of oxazole rings is 1. The van der Waals surface area contributed by atoms with Crippen molar-refractivity contribution in [2.75, 3.05) is 0 Å². The number of aromatic nitrogens is 1. The average Bonchev–Trinajstić information content (AvgIpc) is 2.95. The van der Waals surface area contributed by atoms with Gasteiger partial charge in [-0.1, -0.05) is 31.2 Å². The Morgan fingerprint density at radius 1 is 1.10 bits per heavy atom. The molecule has 4 nitrogen and oxygen atoms in total. The summed E-state index contributed by atoms with van der Waals surface area (Å²) in [4.78, 5) is 4.41. The molecule has 2 aromatic carbocycles. The van der Waals surface area contributed by atoms with Crippen LogP contribution >= 0.6 is 0 Å². The minimum atomic E-state index is 0.523. The average molecular weight is 282 g/mol. The molecule has 1 heterocycles. The molecule has 0 bridgehead atoms. The third-order valence-electron chi connectivity index (χ3n) is 3.37. The molecule has 3 rings (SSSR count). The van der Waals surface area contributed by atoms with Gasteiger partial charge in [0.25, 0.3) is 0 Å². The molecule has 0 amide bonds. The molecule has 0 saturated carbocycles. The Kier molecular flexibility index (Phi) is 3.88. The highest BCUT2D eigenvalue weighted by Gasteiger charge is 2.05. The fourth-order valence-corrected chi connectivity index (χ4v) is 2.13.